The maximum Gasteiger partial charge on any atom is 0.124 e. The van der Waals surface area contributed by atoms with E-state index in [9.17, 15) is 0 Å². The Bertz CT molecular complexity index is 725. The summed E-state index contributed by atoms with van der Waals surface area (Å²) in [6, 6.07) is 10.1. The van der Waals surface area contributed by atoms with Gasteiger partial charge in [-0.1, -0.05) is 12.1 Å². The fourth-order valence-electron chi connectivity index (χ4n) is 2.09. The molecular formula is C15H14N2S2. The number of hydrogen-bond acceptors (Lipinski definition) is 4. The van der Waals surface area contributed by atoms with Gasteiger partial charge in [0.1, 0.15) is 5.01 Å². The molecule has 0 saturated carbocycles. The number of aromatic nitrogens is 1. The van der Waals surface area contributed by atoms with Crippen LogP contribution in [0.25, 0.3) is 21.8 Å². The van der Waals surface area contributed by atoms with Crippen LogP contribution >= 0.6 is 22.7 Å². The van der Waals surface area contributed by atoms with Crippen LogP contribution in [0, 0.1) is 13.8 Å². The van der Waals surface area contributed by atoms with Gasteiger partial charge in [0.2, 0.25) is 0 Å². The maximum absolute atomic E-state index is 5.82. The number of anilines is 1. The van der Waals surface area contributed by atoms with Gasteiger partial charge in [-0.3, -0.25) is 0 Å². The fourth-order valence-corrected chi connectivity index (χ4v) is 3.84. The first-order chi connectivity index (χ1) is 9.13. The Morgan fingerprint density at radius 1 is 1.16 bits per heavy atom. The van der Waals surface area contributed by atoms with Gasteiger partial charge < -0.3 is 5.73 Å². The molecule has 2 N–H and O–H groups in total. The first-order valence-corrected chi connectivity index (χ1v) is 7.72. The van der Waals surface area contributed by atoms with Crippen molar-refractivity contribution < 1.29 is 0 Å². The van der Waals surface area contributed by atoms with E-state index in [4.69, 9.17) is 10.7 Å². The van der Waals surface area contributed by atoms with E-state index in [0.717, 1.165) is 22.0 Å². The molecule has 3 rings (SSSR count). The second-order valence-corrected chi connectivity index (χ2v) is 6.81. The minimum Gasteiger partial charge on any atom is -0.399 e. The number of nitrogens with two attached hydrogens (primary N) is 1. The van der Waals surface area contributed by atoms with Gasteiger partial charge in [-0.2, -0.15) is 0 Å². The Morgan fingerprint density at radius 3 is 2.68 bits per heavy atom. The topological polar surface area (TPSA) is 38.9 Å². The van der Waals surface area contributed by atoms with E-state index in [0.29, 0.717) is 0 Å². The first kappa shape index (κ1) is 12.4. The van der Waals surface area contributed by atoms with Crippen LogP contribution in [0.3, 0.4) is 0 Å². The van der Waals surface area contributed by atoms with Crippen molar-refractivity contribution in [1.29, 1.82) is 0 Å². The Labute approximate surface area is 120 Å². The van der Waals surface area contributed by atoms with Crippen LogP contribution in [0.5, 0.6) is 0 Å². The molecule has 0 unspecified atom stereocenters. The summed E-state index contributed by atoms with van der Waals surface area (Å²) < 4.78 is 0. The van der Waals surface area contributed by atoms with Crippen molar-refractivity contribution in [3.8, 4) is 21.8 Å². The van der Waals surface area contributed by atoms with Crippen LogP contribution < -0.4 is 5.73 Å². The number of nitrogens with zero attached hydrogens (tertiary/aromatic N) is 1. The number of hydrogen-bond donors (Lipinski definition) is 1. The molecule has 0 saturated heterocycles. The molecule has 0 amide bonds. The minimum absolute atomic E-state index is 0.775. The normalized spacial score (nSPS) is 10.8. The number of benzene rings is 1. The highest BCUT2D eigenvalue weighted by Gasteiger charge is 2.10. The van der Waals surface area contributed by atoms with Crippen molar-refractivity contribution >= 4 is 28.4 Å². The SMILES string of the molecule is Cc1cc(-c2csc(-c3cccc(N)c3)n2)c(C)s1. The summed E-state index contributed by atoms with van der Waals surface area (Å²) in [7, 11) is 0. The third kappa shape index (κ3) is 2.41. The van der Waals surface area contributed by atoms with E-state index in [-0.39, 0.29) is 0 Å². The summed E-state index contributed by atoms with van der Waals surface area (Å²) in [6.07, 6.45) is 0. The summed E-state index contributed by atoms with van der Waals surface area (Å²) in [5, 5.41) is 3.14. The molecule has 0 aliphatic rings. The molecule has 1 aromatic carbocycles. The third-order valence-electron chi connectivity index (χ3n) is 2.95. The van der Waals surface area contributed by atoms with Gasteiger partial charge in [-0.25, -0.2) is 4.98 Å². The molecule has 2 aromatic heterocycles. The maximum atomic E-state index is 5.82. The standard InChI is InChI=1S/C15H14N2S2/c1-9-6-13(10(2)19-9)14-8-18-15(17-14)11-4-3-5-12(16)7-11/h3-8H,16H2,1-2H3. The van der Waals surface area contributed by atoms with Crippen LogP contribution in [-0.4, -0.2) is 4.98 Å². The Balaban J connectivity index is 2.02. The molecule has 96 valence electrons. The largest absolute Gasteiger partial charge is 0.399 e. The van der Waals surface area contributed by atoms with E-state index < -0.39 is 0 Å². The highest BCUT2D eigenvalue weighted by atomic mass is 32.1. The fraction of sp³-hybridized carbons (Fsp3) is 0.133. The summed E-state index contributed by atoms with van der Waals surface area (Å²) in [5.41, 5.74) is 9.98. The number of aryl methyl sites for hydroxylation is 2. The molecule has 0 spiro atoms. The monoisotopic (exact) mass is 286 g/mol. The predicted molar refractivity (Wildman–Crippen MR) is 84.7 cm³/mol. The van der Waals surface area contributed by atoms with E-state index in [1.165, 1.54) is 15.3 Å². The van der Waals surface area contributed by atoms with Crippen molar-refractivity contribution in [3.63, 3.8) is 0 Å². The number of rotatable bonds is 2. The zero-order chi connectivity index (χ0) is 13.4. The van der Waals surface area contributed by atoms with Crippen LogP contribution in [0.2, 0.25) is 0 Å². The molecule has 3 aromatic rings. The third-order valence-corrected chi connectivity index (χ3v) is 4.81. The second kappa shape index (κ2) is 4.79. The second-order valence-electron chi connectivity index (χ2n) is 4.49. The lowest BCUT2D eigenvalue weighted by molar-refractivity contribution is 1.39. The summed E-state index contributed by atoms with van der Waals surface area (Å²) in [4.78, 5) is 7.38. The van der Waals surface area contributed by atoms with Gasteiger partial charge >= 0.3 is 0 Å². The smallest absolute Gasteiger partial charge is 0.124 e. The molecule has 0 aliphatic carbocycles. The molecular weight excluding hydrogens is 272 g/mol. The van der Waals surface area contributed by atoms with Gasteiger partial charge in [-0.15, -0.1) is 22.7 Å². The molecule has 2 nitrogen and oxygen atoms in total. The van der Waals surface area contributed by atoms with Crippen LogP contribution in [0.1, 0.15) is 9.75 Å². The van der Waals surface area contributed by atoms with E-state index >= 15 is 0 Å². The lowest BCUT2D eigenvalue weighted by Crippen LogP contribution is -1.85. The lowest BCUT2D eigenvalue weighted by atomic mass is 10.2. The van der Waals surface area contributed by atoms with Gasteiger partial charge in [0.15, 0.2) is 0 Å². The van der Waals surface area contributed by atoms with E-state index in [1.807, 2.05) is 35.6 Å². The zero-order valence-electron chi connectivity index (χ0n) is 10.8. The zero-order valence-corrected chi connectivity index (χ0v) is 12.4. The minimum atomic E-state index is 0.775. The molecule has 0 aliphatic heterocycles. The molecule has 2 heterocycles. The Morgan fingerprint density at radius 2 is 2.00 bits per heavy atom. The Hall–Kier alpha value is -1.65. The molecule has 4 heteroatoms. The summed E-state index contributed by atoms with van der Waals surface area (Å²) in [5.74, 6) is 0. The van der Waals surface area contributed by atoms with Crippen LogP contribution in [0.4, 0.5) is 5.69 Å². The van der Waals surface area contributed by atoms with E-state index in [1.54, 1.807) is 11.3 Å². The average molecular weight is 286 g/mol. The van der Waals surface area contributed by atoms with Gasteiger partial charge in [-0.05, 0) is 32.0 Å². The van der Waals surface area contributed by atoms with Crippen LogP contribution in [-0.2, 0) is 0 Å². The molecule has 19 heavy (non-hydrogen) atoms. The quantitative estimate of drug-likeness (QED) is 0.691. The number of thiophene rings is 1. The number of nitrogen functional groups attached to an aromatic ring is 1. The van der Waals surface area contributed by atoms with Crippen molar-refractivity contribution in [1.82, 2.24) is 4.98 Å². The van der Waals surface area contributed by atoms with Crippen molar-refractivity contribution in [3.05, 3.63) is 45.5 Å². The Kier molecular flexibility index (Phi) is 3.12. The highest BCUT2D eigenvalue weighted by molar-refractivity contribution is 7.14. The lowest BCUT2D eigenvalue weighted by Gasteiger charge is -1.98. The van der Waals surface area contributed by atoms with Gasteiger partial charge in [0.25, 0.3) is 0 Å². The highest BCUT2D eigenvalue weighted by Crippen LogP contribution is 2.34. The van der Waals surface area contributed by atoms with E-state index in [2.05, 4.69) is 25.3 Å². The van der Waals surface area contributed by atoms with Crippen molar-refractivity contribution in [2.45, 2.75) is 13.8 Å². The number of thiazole rings is 1. The summed E-state index contributed by atoms with van der Waals surface area (Å²) >= 11 is 3.48. The molecule has 0 atom stereocenters. The van der Waals surface area contributed by atoms with Crippen molar-refractivity contribution in [2.75, 3.05) is 5.73 Å². The molecule has 0 radical (unpaired) electrons. The first-order valence-electron chi connectivity index (χ1n) is 6.02. The van der Waals surface area contributed by atoms with Crippen LogP contribution in [0.15, 0.2) is 35.7 Å². The average Bonchev–Trinajstić information content (AvgIpc) is 2.96. The predicted octanol–water partition coefficient (Wildman–Crippen LogP) is 4.74. The van der Waals surface area contributed by atoms with Crippen molar-refractivity contribution in [2.24, 2.45) is 0 Å². The molecule has 0 bridgehead atoms. The molecule has 0 fully saturated rings. The van der Waals surface area contributed by atoms with Gasteiger partial charge in [0.05, 0.1) is 5.69 Å². The van der Waals surface area contributed by atoms with Gasteiger partial charge in [0, 0.05) is 31.9 Å². The summed E-state index contributed by atoms with van der Waals surface area (Å²) in [6.45, 7) is 4.28.